The topological polar surface area (TPSA) is 83.6 Å². The maximum atomic E-state index is 11.4. The van der Waals surface area contributed by atoms with Crippen molar-refractivity contribution in [2.24, 2.45) is 5.73 Å². The lowest BCUT2D eigenvalue weighted by Crippen LogP contribution is -2.72. The lowest BCUT2D eigenvalue weighted by Gasteiger charge is -2.49. The second-order valence-corrected chi connectivity index (χ2v) is 4.39. The molecule has 0 aliphatic carbocycles. The van der Waals surface area contributed by atoms with Crippen LogP contribution in [0.25, 0.3) is 0 Å². The third kappa shape index (κ3) is 1.07. The van der Waals surface area contributed by atoms with Gasteiger partial charge in [-0.1, -0.05) is 0 Å². The molecule has 76 valence electrons. The van der Waals surface area contributed by atoms with Crippen molar-refractivity contribution in [3.8, 4) is 0 Å². The van der Waals surface area contributed by atoms with E-state index in [4.69, 9.17) is 10.8 Å². The average Bonchev–Trinajstić information content (AvgIpc) is 2.15. The first-order valence-corrected chi connectivity index (χ1v) is 5.11. The van der Waals surface area contributed by atoms with Gasteiger partial charge in [0.25, 0.3) is 0 Å². The van der Waals surface area contributed by atoms with Crippen LogP contribution in [0.5, 0.6) is 0 Å². The maximum absolute atomic E-state index is 11.4. The summed E-state index contributed by atoms with van der Waals surface area (Å²) in [5, 5.41) is 10.5. The number of hydrogen-bond acceptors (Lipinski definition) is 4. The first-order valence-electron chi connectivity index (χ1n) is 4.16. The van der Waals surface area contributed by atoms with Crippen LogP contribution in [0, 0.1) is 0 Å². The molecule has 2 heterocycles. The molecule has 0 spiro atoms. The summed E-state index contributed by atoms with van der Waals surface area (Å²) in [5.41, 5.74) is 6.23. The molecule has 0 aromatic carbocycles. The number of fused-ring (bicyclic) bond motifs is 1. The highest BCUT2D eigenvalue weighted by Crippen LogP contribution is 2.38. The molecule has 2 unspecified atom stereocenters. The third-order valence-corrected chi connectivity index (χ3v) is 3.76. The zero-order valence-electron chi connectivity index (χ0n) is 7.51. The fraction of sp³-hybridized carbons (Fsp3) is 0.500. The molecule has 5 nitrogen and oxygen atoms in total. The monoisotopic (exact) mass is 214 g/mol. The highest BCUT2D eigenvalue weighted by atomic mass is 32.2. The number of amides is 1. The predicted molar refractivity (Wildman–Crippen MR) is 51.4 cm³/mol. The molecule has 3 atom stereocenters. The van der Waals surface area contributed by atoms with Gasteiger partial charge in [0, 0.05) is 0 Å². The van der Waals surface area contributed by atoms with Crippen LogP contribution in [0.3, 0.4) is 0 Å². The molecular formula is C8H10N2O3S. The number of carboxylic acid groups (broad SMARTS) is 1. The molecule has 1 amide bonds. The molecule has 2 rings (SSSR count). The zero-order valence-corrected chi connectivity index (χ0v) is 8.32. The standard InChI is InChI=1S/C8H10N2O3S/c1-3-2-14-7-4(9)6(11)10(7)5(3)8(12)13/h2,4-5,7H,9H2,1H3,(H,12,13)/t4?,5?,7-/m0/s1. The number of carbonyl (C=O) groups is 2. The number of aliphatic carboxylic acids is 1. The van der Waals surface area contributed by atoms with Crippen LogP contribution in [0.4, 0.5) is 0 Å². The summed E-state index contributed by atoms with van der Waals surface area (Å²) < 4.78 is 0. The van der Waals surface area contributed by atoms with Crippen molar-refractivity contribution in [3.05, 3.63) is 11.0 Å². The number of β-lactam (4-membered cyclic amide) rings is 1. The van der Waals surface area contributed by atoms with E-state index in [1.54, 1.807) is 12.3 Å². The molecule has 0 aromatic heterocycles. The quantitative estimate of drug-likeness (QED) is 0.579. The van der Waals surface area contributed by atoms with Gasteiger partial charge < -0.3 is 15.7 Å². The third-order valence-electron chi connectivity index (χ3n) is 2.46. The first-order chi connectivity index (χ1) is 6.54. The molecule has 2 aliphatic rings. The van der Waals surface area contributed by atoms with Crippen molar-refractivity contribution in [3.63, 3.8) is 0 Å². The van der Waals surface area contributed by atoms with Gasteiger partial charge in [-0.25, -0.2) is 4.79 Å². The van der Waals surface area contributed by atoms with E-state index >= 15 is 0 Å². The van der Waals surface area contributed by atoms with E-state index < -0.39 is 18.1 Å². The van der Waals surface area contributed by atoms with E-state index in [9.17, 15) is 9.59 Å². The average molecular weight is 214 g/mol. The van der Waals surface area contributed by atoms with Crippen molar-refractivity contribution < 1.29 is 14.7 Å². The lowest BCUT2D eigenvalue weighted by molar-refractivity contribution is -0.157. The number of nitrogens with zero attached hydrogens (tertiary/aromatic N) is 1. The fourth-order valence-corrected chi connectivity index (χ4v) is 2.83. The Labute approximate surface area is 84.9 Å². The minimum Gasteiger partial charge on any atom is -0.479 e. The van der Waals surface area contributed by atoms with E-state index in [0.29, 0.717) is 5.57 Å². The number of thioether (sulfide) groups is 1. The molecule has 14 heavy (non-hydrogen) atoms. The van der Waals surface area contributed by atoms with Crippen molar-refractivity contribution >= 4 is 23.6 Å². The van der Waals surface area contributed by atoms with Crippen molar-refractivity contribution in [2.45, 2.75) is 24.4 Å². The van der Waals surface area contributed by atoms with Crippen LogP contribution >= 0.6 is 11.8 Å². The number of hydrogen-bond donors (Lipinski definition) is 2. The van der Waals surface area contributed by atoms with Crippen LogP contribution in [0.2, 0.25) is 0 Å². The van der Waals surface area contributed by atoms with Gasteiger partial charge >= 0.3 is 5.97 Å². The van der Waals surface area contributed by atoms with Crippen LogP contribution in [-0.2, 0) is 9.59 Å². The molecule has 0 radical (unpaired) electrons. The highest BCUT2D eigenvalue weighted by Gasteiger charge is 2.52. The largest absolute Gasteiger partial charge is 0.479 e. The van der Waals surface area contributed by atoms with Crippen LogP contribution in [-0.4, -0.2) is 39.3 Å². The summed E-state index contributed by atoms with van der Waals surface area (Å²) in [4.78, 5) is 23.6. The summed E-state index contributed by atoms with van der Waals surface area (Å²) in [7, 11) is 0. The summed E-state index contributed by atoms with van der Waals surface area (Å²) >= 11 is 1.41. The Balaban J connectivity index is 2.31. The summed E-state index contributed by atoms with van der Waals surface area (Å²) in [6.45, 7) is 1.71. The molecule has 2 aliphatic heterocycles. The molecule has 1 saturated heterocycles. The van der Waals surface area contributed by atoms with Gasteiger partial charge in [-0.05, 0) is 17.9 Å². The second kappa shape index (κ2) is 2.99. The Kier molecular flexibility index (Phi) is 2.04. The smallest absolute Gasteiger partial charge is 0.330 e. The number of carbonyl (C=O) groups excluding carboxylic acids is 1. The Morgan fingerprint density at radius 1 is 1.71 bits per heavy atom. The van der Waals surface area contributed by atoms with Gasteiger partial charge in [0.05, 0.1) is 0 Å². The van der Waals surface area contributed by atoms with Gasteiger partial charge in [0.15, 0.2) is 6.04 Å². The molecule has 1 fully saturated rings. The molecule has 0 saturated carbocycles. The lowest BCUT2D eigenvalue weighted by atomic mass is 10.00. The number of carboxylic acids is 1. The Hall–Kier alpha value is -1.01. The normalized spacial score (nSPS) is 35.9. The first kappa shape index (κ1) is 9.54. The SMILES string of the molecule is CC1=CS[C@H]2C(N)C(=O)N2C1C(=O)O. The Morgan fingerprint density at radius 3 is 2.93 bits per heavy atom. The maximum Gasteiger partial charge on any atom is 0.330 e. The van der Waals surface area contributed by atoms with E-state index in [1.165, 1.54) is 16.7 Å². The van der Waals surface area contributed by atoms with Crippen molar-refractivity contribution in [1.29, 1.82) is 0 Å². The van der Waals surface area contributed by atoms with Crippen LogP contribution in [0.15, 0.2) is 11.0 Å². The van der Waals surface area contributed by atoms with Crippen LogP contribution in [0.1, 0.15) is 6.92 Å². The molecule has 0 bridgehead atoms. The number of rotatable bonds is 1. The molecular weight excluding hydrogens is 204 g/mol. The van der Waals surface area contributed by atoms with Crippen LogP contribution < -0.4 is 5.73 Å². The van der Waals surface area contributed by atoms with Gasteiger partial charge in [-0.15, -0.1) is 11.8 Å². The summed E-state index contributed by atoms with van der Waals surface area (Å²) in [5.74, 6) is -1.27. The molecule has 0 aromatic rings. The molecule has 6 heteroatoms. The number of nitrogens with two attached hydrogens (primary N) is 1. The predicted octanol–water partition coefficient (Wildman–Crippen LogP) is -0.414. The fourth-order valence-electron chi connectivity index (χ4n) is 1.71. The van der Waals surface area contributed by atoms with E-state index in [2.05, 4.69) is 0 Å². The Bertz CT molecular complexity index is 341. The van der Waals surface area contributed by atoms with Gasteiger partial charge in [-0.3, -0.25) is 4.79 Å². The van der Waals surface area contributed by atoms with Crippen molar-refractivity contribution in [1.82, 2.24) is 4.90 Å². The minimum atomic E-state index is -0.996. The van der Waals surface area contributed by atoms with E-state index in [-0.39, 0.29) is 11.3 Å². The highest BCUT2D eigenvalue weighted by molar-refractivity contribution is 8.02. The molecule has 3 N–H and O–H groups in total. The van der Waals surface area contributed by atoms with Gasteiger partial charge in [-0.2, -0.15) is 0 Å². The second-order valence-electron chi connectivity index (χ2n) is 3.40. The zero-order chi connectivity index (χ0) is 10.5. The Morgan fingerprint density at radius 2 is 2.36 bits per heavy atom. The van der Waals surface area contributed by atoms with E-state index in [0.717, 1.165) is 0 Å². The van der Waals surface area contributed by atoms with Crippen molar-refractivity contribution in [2.75, 3.05) is 0 Å². The summed E-state index contributed by atoms with van der Waals surface area (Å²) in [6, 6.07) is -1.38. The minimum absolute atomic E-state index is 0.202. The summed E-state index contributed by atoms with van der Waals surface area (Å²) in [6.07, 6.45) is 0. The van der Waals surface area contributed by atoms with Gasteiger partial charge in [0.2, 0.25) is 5.91 Å². The van der Waals surface area contributed by atoms with E-state index in [1.807, 2.05) is 0 Å². The van der Waals surface area contributed by atoms with Gasteiger partial charge in [0.1, 0.15) is 11.4 Å².